The van der Waals surface area contributed by atoms with Crippen LogP contribution in [0.4, 0.5) is 5.82 Å². The number of nitrogens with zero attached hydrogens (tertiary/aromatic N) is 2. The van der Waals surface area contributed by atoms with E-state index in [9.17, 15) is 4.79 Å². The Morgan fingerprint density at radius 3 is 2.61 bits per heavy atom. The summed E-state index contributed by atoms with van der Waals surface area (Å²) in [6, 6.07) is 5.59. The minimum absolute atomic E-state index is 0.166. The maximum Gasteiger partial charge on any atom is 0.273 e. The van der Waals surface area contributed by atoms with Crippen molar-refractivity contribution in [2.45, 2.75) is 13.8 Å². The molecule has 18 heavy (non-hydrogen) atoms. The average Bonchev–Trinajstić information content (AvgIpc) is 2.56. The van der Waals surface area contributed by atoms with E-state index in [0.717, 1.165) is 15.7 Å². The number of amides is 1. The van der Waals surface area contributed by atoms with Gasteiger partial charge in [-0.15, -0.1) is 0 Å². The summed E-state index contributed by atoms with van der Waals surface area (Å²) in [4.78, 5) is 16.4. The number of carbonyl (C=O) groups is 1. The van der Waals surface area contributed by atoms with Crippen LogP contribution in [0, 0.1) is 13.8 Å². The zero-order valence-electron chi connectivity index (χ0n) is 10.5. The first-order chi connectivity index (χ1) is 8.45. The van der Waals surface area contributed by atoms with E-state index in [2.05, 4.69) is 26.2 Å². The zero-order valence-corrected chi connectivity index (χ0v) is 12.1. The van der Waals surface area contributed by atoms with Crippen molar-refractivity contribution in [3.63, 3.8) is 0 Å². The summed E-state index contributed by atoms with van der Waals surface area (Å²) < 4.78 is 2.64. The van der Waals surface area contributed by atoms with Crippen molar-refractivity contribution in [2.75, 3.05) is 5.32 Å². The highest BCUT2D eigenvalue weighted by Gasteiger charge is 2.12. The monoisotopic (exact) mass is 307 g/mol. The van der Waals surface area contributed by atoms with Gasteiger partial charge in [0.2, 0.25) is 0 Å². The number of nitrogens with one attached hydrogen (secondary N) is 1. The van der Waals surface area contributed by atoms with E-state index in [-0.39, 0.29) is 5.91 Å². The molecule has 0 aliphatic carbocycles. The molecule has 0 spiro atoms. The fourth-order valence-corrected chi connectivity index (χ4v) is 2.36. The Morgan fingerprint density at radius 2 is 2.06 bits per heavy atom. The van der Waals surface area contributed by atoms with Crippen LogP contribution in [0.3, 0.4) is 0 Å². The molecule has 1 amide bonds. The summed E-state index contributed by atoms with van der Waals surface area (Å²) in [6.07, 6.45) is 1.84. The van der Waals surface area contributed by atoms with Crippen LogP contribution in [-0.4, -0.2) is 15.5 Å². The van der Waals surface area contributed by atoms with Gasteiger partial charge in [0.05, 0.1) is 0 Å². The first-order valence-electron chi connectivity index (χ1n) is 5.54. The number of carbonyl (C=O) groups excluding carboxylic acids is 1. The highest BCUT2D eigenvalue weighted by Crippen LogP contribution is 2.15. The molecule has 4 nitrogen and oxygen atoms in total. The summed E-state index contributed by atoms with van der Waals surface area (Å²) in [5.74, 6) is 0.413. The van der Waals surface area contributed by atoms with Gasteiger partial charge in [0.15, 0.2) is 0 Å². The lowest BCUT2D eigenvalue weighted by molar-refractivity contribution is 0.101. The summed E-state index contributed by atoms with van der Waals surface area (Å²) in [5, 5.41) is 2.80. The standard InChI is InChI=1S/C13H14BrN3O/c1-8-4-9(2)15-12(5-8)16-13(18)11-6-10(14)7-17(11)3/h4-7H,1-3H3,(H,15,16,18). The molecule has 0 unspecified atom stereocenters. The molecular weight excluding hydrogens is 294 g/mol. The number of hydrogen-bond acceptors (Lipinski definition) is 2. The second-order valence-electron chi connectivity index (χ2n) is 4.28. The van der Waals surface area contributed by atoms with Crippen LogP contribution in [0.15, 0.2) is 28.9 Å². The van der Waals surface area contributed by atoms with E-state index in [0.29, 0.717) is 11.5 Å². The van der Waals surface area contributed by atoms with Crippen LogP contribution < -0.4 is 5.32 Å². The number of halogens is 1. The maximum absolute atomic E-state index is 12.1. The Bertz CT molecular complexity index is 584. The highest BCUT2D eigenvalue weighted by atomic mass is 79.9. The number of hydrogen-bond donors (Lipinski definition) is 1. The molecule has 2 heterocycles. The predicted octanol–water partition coefficient (Wildman–Crippen LogP) is 3.05. The molecule has 0 aliphatic heterocycles. The van der Waals surface area contributed by atoms with E-state index >= 15 is 0 Å². The lowest BCUT2D eigenvalue weighted by Gasteiger charge is -2.07. The second-order valence-corrected chi connectivity index (χ2v) is 5.20. The molecular formula is C13H14BrN3O. The van der Waals surface area contributed by atoms with Gasteiger partial charge in [0.25, 0.3) is 5.91 Å². The molecule has 1 N–H and O–H groups in total. The minimum Gasteiger partial charge on any atom is -0.345 e. The van der Waals surface area contributed by atoms with E-state index in [4.69, 9.17) is 0 Å². The van der Waals surface area contributed by atoms with Crippen molar-refractivity contribution >= 4 is 27.7 Å². The van der Waals surface area contributed by atoms with E-state index in [1.54, 1.807) is 10.6 Å². The molecule has 2 aromatic heterocycles. The third-order valence-corrected chi connectivity index (χ3v) is 2.98. The molecule has 94 valence electrons. The van der Waals surface area contributed by atoms with E-state index in [1.807, 2.05) is 39.2 Å². The smallest absolute Gasteiger partial charge is 0.273 e. The number of rotatable bonds is 2. The van der Waals surface area contributed by atoms with Crippen LogP contribution >= 0.6 is 15.9 Å². The predicted molar refractivity (Wildman–Crippen MR) is 74.8 cm³/mol. The van der Waals surface area contributed by atoms with Crippen LogP contribution in [0.25, 0.3) is 0 Å². The Morgan fingerprint density at radius 1 is 1.33 bits per heavy atom. The summed E-state index contributed by atoms with van der Waals surface area (Å²) in [5.41, 5.74) is 2.55. The van der Waals surface area contributed by atoms with Gasteiger partial charge in [-0.05, 0) is 53.5 Å². The molecule has 0 saturated heterocycles. The van der Waals surface area contributed by atoms with Crippen LogP contribution in [0.2, 0.25) is 0 Å². The van der Waals surface area contributed by atoms with Crippen LogP contribution in [0.1, 0.15) is 21.7 Å². The zero-order chi connectivity index (χ0) is 13.3. The number of anilines is 1. The fraction of sp³-hybridized carbons (Fsp3) is 0.231. The van der Waals surface area contributed by atoms with E-state index < -0.39 is 0 Å². The Labute approximate surface area is 114 Å². The maximum atomic E-state index is 12.1. The third kappa shape index (κ3) is 2.79. The average molecular weight is 308 g/mol. The van der Waals surface area contributed by atoms with Gasteiger partial charge in [-0.2, -0.15) is 0 Å². The molecule has 0 atom stereocenters. The first-order valence-corrected chi connectivity index (χ1v) is 6.33. The minimum atomic E-state index is -0.166. The summed E-state index contributed by atoms with van der Waals surface area (Å²) in [7, 11) is 1.83. The van der Waals surface area contributed by atoms with Crippen molar-refractivity contribution in [3.05, 3.63) is 45.8 Å². The molecule has 2 rings (SSSR count). The number of pyridine rings is 1. The molecule has 0 bridgehead atoms. The second kappa shape index (κ2) is 4.94. The van der Waals surface area contributed by atoms with Crippen LogP contribution in [0.5, 0.6) is 0 Å². The van der Waals surface area contributed by atoms with Crippen molar-refractivity contribution < 1.29 is 4.79 Å². The summed E-state index contributed by atoms with van der Waals surface area (Å²) >= 11 is 3.34. The topological polar surface area (TPSA) is 46.9 Å². The number of aryl methyl sites for hydroxylation is 3. The van der Waals surface area contributed by atoms with Gasteiger partial charge in [-0.25, -0.2) is 4.98 Å². The Balaban J connectivity index is 2.23. The molecule has 0 aromatic carbocycles. The van der Waals surface area contributed by atoms with Gasteiger partial charge in [-0.3, -0.25) is 4.79 Å². The van der Waals surface area contributed by atoms with E-state index in [1.165, 1.54) is 0 Å². The van der Waals surface area contributed by atoms with Crippen molar-refractivity contribution in [3.8, 4) is 0 Å². The third-order valence-electron chi connectivity index (χ3n) is 2.54. The molecule has 2 aromatic rings. The first kappa shape index (κ1) is 12.8. The molecule has 0 fully saturated rings. The SMILES string of the molecule is Cc1cc(C)nc(NC(=O)c2cc(Br)cn2C)c1. The van der Waals surface area contributed by atoms with Gasteiger partial charge in [0.1, 0.15) is 11.5 Å². The van der Waals surface area contributed by atoms with Gasteiger partial charge in [0, 0.05) is 23.4 Å². The number of aromatic nitrogens is 2. The normalized spacial score (nSPS) is 10.4. The van der Waals surface area contributed by atoms with Gasteiger partial charge >= 0.3 is 0 Å². The largest absolute Gasteiger partial charge is 0.345 e. The van der Waals surface area contributed by atoms with Crippen LogP contribution in [-0.2, 0) is 7.05 Å². The fourth-order valence-electron chi connectivity index (χ4n) is 1.84. The summed E-state index contributed by atoms with van der Waals surface area (Å²) in [6.45, 7) is 3.88. The van der Waals surface area contributed by atoms with Gasteiger partial charge in [-0.1, -0.05) is 0 Å². The lowest BCUT2D eigenvalue weighted by atomic mass is 10.2. The lowest BCUT2D eigenvalue weighted by Crippen LogP contribution is -2.16. The van der Waals surface area contributed by atoms with Gasteiger partial charge < -0.3 is 9.88 Å². The molecule has 0 aliphatic rings. The molecule has 0 radical (unpaired) electrons. The van der Waals surface area contributed by atoms with Crippen molar-refractivity contribution in [2.24, 2.45) is 7.05 Å². The Hall–Kier alpha value is -1.62. The highest BCUT2D eigenvalue weighted by molar-refractivity contribution is 9.10. The van der Waals surface area contributed by atoms with Crippen molar-refractivity contribution in [1.82, 2.24) is 9.55 Å². The Kier molecular flexibility index (Phi) is 3.52. The molecule has 0 saturated carbocycles. The molecule has 5 heteroatoms. The van der Waals surface area contributed by atoms with Crippen molar-refractivity contribution in [1.29, 1.82) is 0 Å². The quantitative estimate of drug-likeness (QED) is 0.927.